The fourth-order valence-corrected chi connectivity index (χ4v) is 3.29. The number of amides is 1. The maximum absolute atomic E-state index is 12.8. The van der Waals surface area contributed by atoms with Gasteiger partial charge in [0.2, 0.25) is 5.91 Å². The molecule has 2 N–H and O–H groups in total. The van der Waals surface area contributed by atoms with Gasteiger partial charge in [0.25, 0.3) is 0 Å². The maximum Gasteiger partial charge on any atom is 0.355 e. The van der Waals surface area contributed by atoms with Gasteiger partial charge in [0.1, 0.15) is 10.8 Å². The molecule has 8 heteroatoms. The van der Waals surface area contributed by atoms with E-state index >= 15 is 0 Å². The summed E-state index contributed by atoms with van der Waals surface area (Å²) in [5.41, 5.74) is -0.0147. The fourth-order valence-electron chi connectivity index (χ4n) is 1.66. The lowest BCUT2D eigenvalue weighted by atomic mass is 10.2. The molecule has 23 heavy (non-hydrogen) atoms. The third-order valence-corrected chi connectivity index (χ3v) is 5.07. The minimum absolute atomic E-state index is 0.0147. The first kappa shape index (κ1) is 17.4. The summed E-state index contributed by atoms with van der Waals surface area (Å²) in [5, 5.41) is 13.5. The molecule has 1 atom stereocenters. The van der Waals surface area contributed by atoms with E-state index in [4.69, 9.17) is 5.11 Å². The van der Waals surface area contributed by atoms with Gasteiger partial charge in [0.15, 0.2) is 5.69 Å². The predicted octanol–water partition coefficient (Wildman–Crippen LogP) is 3.03. The quantitative estimate of drug-likeness (QED) is 0.747. The number of carboxylic acid groups (broad SMARTS) is 1. The smallest absolute Gasteiger partial charge is 0.355 e. The summed E-state index contributed by atoms with van der Waals surface area (Å²) in [5.74, 6) is -1.17. The third kappa shape index (κ3) is 5.33. The Hall–Kier alpha value is -1.93. The average molecular weight is 354 g/mol. The first-order chi connectivity index (χ1) is 11.0. The number of carbonyl (C=O) groups is 2. The normalized spacial score (nSPS) is 11.9. The molecule has 0 aliphatic carbocycles. The van der Waals surface area contributed by atoms with Crippen molar-refractivity contribution in [3.63, 3.8) is 0 Å². The Morgan fingerprint density at radius 1 is 1.39 bits per heavy atom. The minimum atomic E-state index is -1.08. The van der Waals surface area contributed by atoms with Gasteiger partial charge in [-0.25, -0.2) is 14.2 Å². The largest absolute Gasteiger partial charge is 0.476 e. The Bertz CT molecular complexity index is 688. The number of carboxylic acids is 1. The molecule has 0 bridgehead atoms. The van der Waals surface area contributed by atoms with Gasteiger partial charge < -0.3 is 10.4 Å². The van der Waals surface area contributed by atoms with E-state index in [0.29, 0.717) is 10.8 Å². The van der Waals surface area contributed by atoms with Crippen LogP contribution >= 0.6 is 23.1 Å². The second-order valence-corrected chi connectivity index (χ2v) is 6.85. The zero-order valence-electron chi connectivity index (χ0n) is 12.3. The van der Waals surface area contributed by atoms with Crippen LogP contribution in [0.3, 0.4) is 0 Å². The van der Waals surface area contributed by atoms with Crippen LogP contribution in [0.1, 0.15) is 22.4 Å². The number of aromatic carboxylic acids is 1. The molecule has 1 aromatic carbocycles. The molecule has 1 amide bonds. The number of thioether (sulfide) groups is 1. The van der Waals surface area contributed by atoms with Crippen LogP contribution in [0.5, 0.6) is 0 Å². The van der Waals surface area contributed by atoms with E-state index < -0.39 is 5.97 Å². The van der Waals surface area contributed by atoms with E-state index in [0.717, 1.165) is 4.90 Å². The first-order valence-corrected chi connectivity index (χ1v) is 8.66. The second-order valence-electron chi connectivity index (χ2n) is 4.82. The Morgan fingerprint density at radius 3 is 2.70 bits per heavy atom. The van der Waals surface area contributed by atoms with E-state index in [-0.39, 0.29) is 29.9 Å². The van der Waals surface area contributed by atoms with Crippen molar-refractivity contribution < 1.29 is 19.1 Å². The van der Waals surface area contributed by atoms with Gasteiger partial charge in [-0.15, -0.1) is 23.1 Å². The number of halogens is 1. The highest BCUT2D eigenvalue weighted by atomic mass is 32.2. The number of hydrogen-bond donors (Lipinski definition) is 2. The number of hydrogen-bond acceptors (Lipinski definition) is 5. The standard InChI is InChI=1S/C15H15FN2O3S2/c1-9(7-22-11-4-2-10(16)3-5-11)14(19)17-6-13-18-12(8-23-13)15(20)21/h2-5,8-9H,6-7H2,1H3,(H,17,19)(H,20,21). The van der Waals surface area contributed by atoms with Gasteiger partial charge >= 0.3 is 5.97 Å². The third-order valence-electron chi connectivity index (χ3n) is 2.95. The van der Waals surface area contributed by atoms with E-state index in [2.05, 4.69) is 10.3 Å². The molecule has 0 fully saturated rings. The van der Waals surface area contributed by atoms with E-state index in [1.54, 1.807) is 19.1 Å². The highest BCUT2D eigenvalue weighted by Gasteiger charge is 2.14. The topological polar surface area (TPSA) is 79.3 Å². The van der Waals surface area contributed by atoms with Crippen molar-refractivity contribution in [3.8, 4) is 0 Å². The predicted molar refractivity (Wildman–Crippen MR) is 87.2 cm³/mol. The average Bonchev–Trinajstić information content (AvgIpc) is 3.01. The number of nitrogens with one attached hydrogen (secondary N) is 1. The molecule has 0 radical (unpaired) electrons. The summed E-state index contributed by atoms with van der Waals surface area (Å²) in [4.78, 5) is 27.5. The van der Waals surface area contributed by atoms with Crippen LogP contribution in [0, 0.1) is 11.7 Å². The molecule has 0 saturated carbocycles. The first-order valence-electron chi connectivity index (χ1n) is 6.79. The summed E-state index contributed by atoms with van der Waals surface area (Å²) in [6, 6.07) is 6.12. The summed E-state index contributed by atoms with van der Waals surface area (Å²) in [6.07, 6.45) is 0. The number of rotatable bonds is 7. The Labute approximate surface area is 140 Å². The number of benzene rings is 1. The Balaban J connectivity index is 1.77. The lowest BCUT2D eigenvalue weighted by Crippen LogP contribution is -2.29. The molecule has 0 aliphatic rings. The van der Waals surface area contributed by atoms with Crippen LogP contribution in [0.2, 0.25) is 0 Å². The van der Waals surface area contributed by atoms with Crippen LogP contribution < -0.4 is 5.32 Å². The molecule has 5 nitrogen and oxygen atoms in total. The Morgan fingerprint density at radius 2 is 2.09 bits per heavy atom. The fraction of sp³-hybridized carbons (Fsp3) is 0.267. The summed E-state index contributed by atoms with van der Waals surface area (Å²) in [6.45, 7) is 2.01. The van der Waals surface area contributed by atoms with Crippen molar-refractivity contribution in [2.45, 2.75) is 18.4 Å². The van der Waals surface area contributed by atoms with E-state index in [1.165, 1.54) is 40.6 Å². The van der Waals surface area contributed by atoms with Crippen LogP contribution in [0.4, 0.5) is 4.39 Å². The SMILES string of the molecule is CC(CSc1ccc(F)cc1)C(=O)NCc1nc(C(=O)O)cs1. The molecule has 0 saturated heterocycles. The molecule has 1 aromatic heterocycles. The van der Waals surface area contributed by atoms with E-state index in [9.17, 15) is 14.0 Å². The molecule has 0 spiro atoms. The van der Waals surface area contributed by atoms with Gasteiger partial charge in [-0.3, -0.25) is 4.79 Å². The number of aromatic nitrogens is 1. The molecule has 122 valence electrons. The number of nitrogens with zero attached hydrogens (tertiary/aromatic N) is 1. The number of carbonyl (C=O) groups excluding carboxylic acids is 1. The van der Waals surface area contributed by atoms with Crippen molar-refractivity contribution in [1.29, 1.82) is 0 Å². The monoisotopic (exact) mass is 354 g/mol. The molecule has 1 heterocycles. The van der Waals surface area contributed by atoms with Crippen molar-refractivity contribution in [2.24, 2.45) is 5.92 Å². The van der Waals surface area contributed by atoms with Crippen molar-refractivity contribution in [2.75, 3.05) is 5.75 Å². The van der Waals surface area contributed by atoms with Crippen LogP contribution in [-0.4, -0.2) is 27.7 Å². The van der Waals surface area contributed by atoms with Gasteiger partial charge in [0, 0.05) is 21.9 Å². The summed E-state index contributed by atoms with van der Waals surface area (Å²) in [7, 11) is 0. The Kier molecular flexibility index (Phi) is 6.12. The summed E-state index contributed by atoms with van der Waals surface area (Å²) >= 11 is 2.67. The maximum atomic E-state index is 12.8. The molecule has 2 rings (SSSR count). The molecule has 0 aliphatic heterocycles. The molecular weight excluding hydrogens is 339 g/mol. The van der Waals surface area contributed by atoms with E-state index in [1.807, 2.05) is 0 Å². The zero-order chi connectivity index (χ0) is 16.8. The number of thiazole rings is 1. The van der Waals surface area contributed by atoms with Gasteiger partial charge in [-0.1, -0.05) is 6.92 Å². The highest BCUT2D eigenvalue weighted by molar-refractivity contribution is 7.99. The molecular formula is C15H15FN2O3S2. The highest BCUT2D eigenvalue weighted by Crippen LogP contribution is 2.21. The zero-order valence-corrected chi connectivity index (χ0v) is 13.9. The van der Waals surface area contributed by atoms with Gasteiger partial charge in [-0.05, 0) is 24.3 Å². The summed E-state index contributed by atoms with van der Waals surface area (Å²) < 4.78 is 12.8. The van der Waals surface area contributed by atoms with Crippen LogP contribution in [0.15, 0.2) is 34.5 Å². The second kappa shape index (κ2) is 8.07. The van der Waals surface area contributed by atoms with Crippen LogP contribution in [0.25, 0.3) is 0 Å². The molecule has 1 unspecified atom stereocenters. The lowest BCUT2D eigenvalue weighted by molar-refractivity contribution is -0.124. The van der Waals surface area contributed by atoms with Gasteiger partial charge in [-0.2, -0.15) is 0 Å². The minimum Gasteiger partial charge on any atom is -0.476 e. The lowest BCUT2D eigenvalue weighted by Gasteiger charge is -2.11. The van der Waals surface area contributed by atoms with Crippen molar-refractivity contribution >= 4 is 35.0 Å². The van der Waals surface area contributed by atoms with Crippen molar-refractivity contribution in [1.82, 2.24) is 10.3 Å². The van der Waals surface area contributed by atoms with Crippen molar-refractivity contribution in [3.05, 3.63) is 46.2 Å². The molecule has 2 aromatic rings. The van der Waals surface area contributed by atoms with Crippen LogP contribution in [-0.2, 0) is 11.3 Å². The van der Waals surface area contributed by atoms with Gasteiger partial charge in [0.05, 0.1) is 6.54 Å².